The minimum atomic E-state index is -0.166. The van der Waals surface area contributed by atoms with E-state index in [-0.39, 0.29) is 12.0 Å². The Kier molecular flexibility index (Phi) is 5.84. The van der Waals surface area contributed by atoms with Crippen molar-refractivity contribution in [1.29, 1.82) is 0 Å². The lowest BCUT2D eigenvalue weighted by molar-refractivity contribution is -0.143. The first-order valence-electron chi connectivity index (χ1n) is 4.01. The lowest BCUT2D eigenvalue weighted by atomic mass is 10.1. The third-order valence-corrected chi connectivity index (χ3v) is 1.68. The molecule has 11 heavy (non-hydrogen) atoms. The van der Waals surface area contributed by atoms with Crippen LogP contribution in [0, 0.1) is 0 Å². The maximum absolute atomic E-state index is 11.0. The van der Waals surface area contributed by atoms with Crippen LogP contribution in [0.1, 0.15) is 26.2 Å². The molecule has 0 aromatic heterocycles. The number of methoxy groups -OCH3 is 1. The van der Waals surface area contributed by atoms with Crippen molar-refractivity contribution >= 4 is 5.97 Å². The van der Waals surface area contributed by atoms with Gasteiger partial charge in [-0.3, -0.25) is 4.79 Å². The van der Waals surface area contributed by atoms with Crippen LogP contribution in [0.2, 0.25) is 0 Å². The van der Waals surface area contributed by atoms with Gasteiger partial charge in [-0.2, -0.15) is 0 Å². The Hall–Kier alpha value is -0.570. The fraction of sp³-hybridized carbons (Fsp3) is 0.875. The van der Waals surface area contributed by atoms with Crippen LogP contribution >= 0.6 is 0 Å². The number of rotatable bonds is 5. The van der Waals surface area contributed by atoms with E-state index in [4.69, 9.17) is 0 Å². The first-order chi connectivity index (χ1) is 5.26. The van der Waals surface area contributed by atoms with E-state index in [1.807, 2.05) is 0 Å². The van der Waals surface area contributed by atoms with Crippen molar-refractivity contribution in [1.82, 2.24) is 5.32 Å². The molecule has 0 bridgehead atoms. The topological polar surface area (TPSA) is 38.3 Å². The van der Waals surface area contributed by atoms with Gasteiger partial charge in [-0.15, -0.1) is 0 Å². The Morgan fingerprint density at radius 2 is 2.27 bits per heavy atom. The molecule has 3 nitrogen and oxygen atoms in total. The summed E-state index contributed by atoms with van der Waals surface area (Å²) in [7, 11) is 3.19. The Balaban J connectivity index is 3.65. The van der Waals surface area contributed by atoms with Gasteiger partial charge >= 0.3 is 5.97 Å². The fourth-order valence-corrected chi connectivity index (χ4v) is 0.931. The van der Waals surface area contributed by atoms with Gasteiger partial charge in [-0.05, 0) is 13.5 Å². The van der Waals surface area contributed by atoms with E-state index in [0.29, 0.717) is 0 Å². The van der Waals surface area contributed by atoms with Crippen molar-refractivity contribution in [2.75, 3.05) is 14.2 Å². The highest BCUT2D eigenvalue weighted by Crippen LogP contribution is 2.01. The van der Waals surface area contributed by atoms with E-state index in [9.17, 15) is 4.79 Å². The number of esters is 1. The zero-order valence-corrected chi connectivity index (χ0v) is 7.52. The number of ether oxygens (including phenoxy) is 1. The molecule has 3 heteroatoms. The van der Waals surface area contributed by atoms with Crippen molar-refractivity contribution in [2.45, 2.75) is 32.2 Å². The molecular formula is C8H17NO2. The van der Waals surface area contributed by atoms with Gasteiger partial charge in [0.1, 0.15) is 6.04 Å². The van der Waals surface area contributed by atoms with Crippen molar-refractivity contribution in [2.24, 2.45) is 0 Å². The van der Waals surface area contributed by atoms with E-state index in [0.717, 1.165) is 19.3 Å². The molecule has 0 fully saturated rings. The quantitative estimate of drug-likeness (QED) is 0.607. The molecule has 0 aliphatic carbocycles. The summed E-state index contributed by atoms with van der Waals surface area (Å²) in [6.07, 6.45) is 3.02. The van der Waals surface area contributed by atoms with Crippen LogP contribution in [-0.2, 0) is 9.53 Å². The van der Waals surface area contributed by atoms with Crippen molar-refractivity contribution in [3.8, 4) is 0 Å². The standard InChI is InChI=1S/C8H17NO2/c1-4-5-6-7(9-2)8(10)11-3/h7,9H,4-6H2,1-3H3/t7-/m0/s1. The first-order valence-corrected chi connectivity index (χ1v) is 4.01. The van der Waals surface area contributed by atoms with Gasteiger partial charge < -0.3 is 10.1 Å². The summed E-state index contributed by atoms with van der Waals surface area (Å²) in [6, 6.07) is -0.125. The molecule has 0 spiro atoms. The summed E-state index contributed by atoms with van der Waals surface area (Å²) in [5.74, 6) is -0.166. The van der Waals surface area contributed by atoms with E-state index in [2.05, 4.69) is 17.0 Å². The van der Waals surface area contributed by atoms with E-state index in [1.54, 1.807) is 7.05 Å². The van der Waals surface area contributed by atoms with Gasteiger partial charge in [0.05, 0.1) is 7.11 Å². The van der Waals surface area contributed by atoms with Crippen LogP contribution < -0.4 is 5.32 Å². The van der Waals surface area contributed by atoms with E-state index < -0.39 is 0 Å². The summed E-state index contributed by atoms with van der Waals surface area (Å²) in [5.41, 5.74) is 0. The smallest absolute Gasteiger partial charge is 0.322 e. The summed E-state index contributed by atoms with van der Waals surface area (Å²) in [5, 5.41) is 2.91. The summed E-state index contributed by atoms with van der Waals surface area (Å²) < 4.78 is 4.60. The monoisotopic (exact) mass is 159 g/mol. The third kappa shape index (κ3) is 3.98. The van der Waals surface area contributed by atoms with Crippen molar-refractivity contribution < 1.29 is 9.53 Å². The Morgan fingerprint density at radius 1 is 1.64 bits per heavy atom. The maximum Gasteiger partial charge on any atom is 0.322 e. The molecule has 1 N–H and O–H groups in total. The molecule has 0 aliphatic heterocycles. The Labute approximate surface area is 68.1 Å². The molecule has 1 atom stereocenters. The molecule has 0 saturated carbocycles. The highest BCUT2D eigenvalue weighted by molar-refractivity contribution is 5.75. The van der Waals surface area contributed by atoms with E-state index in [1.165, 1.54) is 7.11 Å². The second kappa shape index (κ2) is 6.16. The van der Waals surface area contributed by atoms with Crippen molar-refractivity contribution in [3.63, 3.8) is 0 Å². The predicted octanol–water partition coefficient (Wildman–Crippen LogP) is 0.938. The third-order valence-electron chi connectivity index (χ3n) is 1.68. The number of hydrogen-bond acceptors (Lipinski definition) is 3. The van der Waals surface area contributed by atoms with Crippen LogP contribution in [0.4, 0.5) is 0 Å². The van der Waals surface area contributed by atoms with Gasteiger partial charge in [0.2, 0.25) is 0 Å². The van der Waals surface area contributed by atoms with Gasteiger partial charge in [-0.25, -0.2) is 0 Å². The van der Waals surface area contributed by atoms with Crippen LogP contribution in [0.3, 0.4) is 0 Å². The molecule has 0 amide bonds. The number of carbonyl (C=O) groups is 1. The molecule has 0 unspecified atom stereocenters. The predicted molar refractivity (Wildman–Crippen MR) is 44.4 cm³/mol. The first kappa shape index (κ1) is 10.4. The number of hydrogen-bond donors (Lipinski definition) is 1. The average molecular weight is 159 g/mol. The Bertz CT molecular complexity index is 115. The highest BCUT2D eigenvalue weighted by atomic mass is 16.5. The molecule has 0 radical (unpaired) electrons. The Morgan fingerprint density at radius 3 is 2.64 bits per heavy atom. The van der Waals surface area contributed by atoms with E-state index >= 15 is 0 Å². The molecule has 0 heterocycles. The minimum absolute atomic E-state index is 0.125. The molecule has 66 valence electrons. The fourth-order valence-electron chi connectivity index (χ4n) is 0.931. The number of likely N-dealkylation sites (N-methyl/N-ethyl adjacent to an activating group) is 1. The molecule has 0 aliphatic rings. The molecule has 0 aromatic rings. The summed E-state index contributed by atoms with van der Waals surface area (Å²) in [4.78, 5) is 11.0. The van der Waals surface area contributed by atoms with Crippen LogP contribution in [-0.4, -0.2) is 26.2 Å². The van der Waals surface area contributed by atoms with Crippen LogP contribution in [0.5, 0.6) is 0 Å². The van der Waals surface area contributed by atoms with Gasteiger partial charge in [0.25, 0.3) is 0 Å². The van der Waals surface area contributed by atoms with Crippen molar-refractivity contribution in [3.05, 3.63) is 0 Å². The van der Waals surface area contributed by atoms with Gasteiger partial charge in [0.15, 0.2) is 0 Å². The molecule has 0 rings (SSSR count). The lowest BCUT2D eigenvalue weighted by Gasteiger charge is -2.11. The average Bonchev–Trinajstić information content (AvgIpc) is 2.05. The summed E-state index contributed by atoms with van der Waals surface area (Å²) in [6.45, 7) is 2.10. The lowest BCUT2D eigenvalue weighted by Crippen LogP contribution is -2.34. The van der Waals surface area contributed by atoms with Gasteiger partial charge in [0, 0.05) is 0 Å². The van der Waals surface area contributed by atoms with Crippen LogP contribution in [0.15, 0.2) is 0 Å². The summed E-state index contributed by atoms with van der Waals surface area (Å²) >= 11 is 0. The minimum Gasteiger partial charge on any atom is -0.468 e. The zero-order valence-electron chi connectivity index (χ0n) is 7.52. The molecular weight excluding hydrogens is 142 g/mol. The van der Waals surface area contributed by atoms with Crippen LogP contribution in [0.25, 0.3) is 0 Å². The number of carbonyl (C=O) groups excluding carboxylic acids is 1. The highest BCUT2D eigenvalue weighted by Gasteiger charge is 2.14. The molecule has 0 saturated heterocycles. The zero-order chi connectivity index (χ0) is 8.69. The number of nitrogens with one attached hydrogen (secondary N) is 1. The molecule has 0 aromatic carbocycles. The van der Waals surface area contributed by atoms with Gasteiger partial charge in [-0.1, -0.05) is 19.8 Å². The largest absolute Gasteiger partial charge is 0.468 e. The number of unbranched alkanes of at least 4 members (excludes halogenated alkanes) is 1. The normalized spacial score (nSPS) is 12.6. The second-order valence-electron chi connectivity index (χ2n) is 2.51. The second-order valence-corrected chi connectivity index (χ2v) is 2.51. The maximum atomic E-state index is 11.0. The SMILES string of the molecule is CCCC[C@H](NC)C(=O)OC.